The van der Waals surface area contributed by atoms with E-state index >= 15 is 0 Å². The Morgan fingerprint density at radius 1 is 1.18 bits per heavy atom. The largest absolute Gasteiger partial charge is 0.463 e. The van der Waals surface area contributed by atoms with E-state index in [1.165, 1.54) is 28.4 Å². The first-order valence-electron chi connectivity index (χ1n) is 11.1. The monoisotopic (exact) mass is 486 g/mol. The second-order valence-electron chi connectivity index (χ2n) is 8.13. The van der Waals surface area contributed by atoms with Crippen molar-refractivity contribution in [3.8, 4) is 0 Å². The number of ether oxygens (including phenoxy) is 1. The van der Waals surface area contributed by atoms with Crippen molar-refractivity contribution in [1.29, 1.82) is 0 Å². The van der Waals surface area contributed by atoms with Crippen LogP contribution in [0.25, 0.3) is 0 Å². The highest BCUT2D eigenvalue weighted by atomic mass is 32.1. The third-order valence-corrected chi connectivity index (χ3v) is 6.79. The van der Waals surface area contributed by atoms with Crippen LogP contribution in [0, 0.1) is 5.82 Å². The Hall–Kier alpha value is -3.24. The summed E-state index contributed by atoms with van der Waals surface area (Å²) < 4.78 is 19.4. The molecule has 2 aliphatic heterocycles. The number of benzene rings is 1. The lowest BCUT2D eigenvalue weighted by molar-refractivity contribution is -0.139. The average Bonchev–Trinajstić information content (AvgIpc) is 3.37. The first kappa shape index (κ1) is 23.9. The average molecular weight is 487 g/mol. The molecule has 1 atom stereocenters. The van der Waals surface area contributed by atoms with Gasteiger partial charge in [0.1, 0.15) is 5.82 Å². The van der Waals surface area contributed by atoms with Crippen molar-refractivity contribution in [2.45, 2.75) is 13.0 Å². The maximum atomic E-state index is 14.0. The number of hydrogen-bond acceptors (Lipinski definition) is 6. The molecule has 34 heavy (non-hydrogen) atoms. The number of nitrogens with zero attached hydrogens (tertiary/aromatic N) is 3. The number of halogens is 1. The van der Waals surface area contributed by atoms with Crippen molar-refractivity contribution in [2.75, 3.05) is 46.4 Å². The van der Waals surface area contributed by atoms with Gasteiger partial charge in [0, 0.05) is 45.5 Å². The third kappa shape index (κ3) is 4.83. The summed E-state index contributed by atoms with van der Waals surface area (Å²) in [5.41, 5.74) is 1.87. The second kappa shape index (κ2) is 10.4. The van der Waals surface area contributed by atoms with Gasteiger partial charge in [-0.05, 0) is 41.4 Å². The van der Waals surface area contributed by atoms with E-state index in [0.717, 1.165) is 5.56 Å². The summed E-state index contributed by atoms with van der Waals surface area (Å²) in [7, 11) is 1.63. The molecule has 0 aliphatic carbocycles. The zero-order valence-corrected chi connectivity index (χ0v) is 19.9. The van der Waals surface area contributed by atoms with Crippen LogP contribution in [0.15, 0.2) is 52.4 Å². The molecule has 0 saturated carbocycles. The standard InChI is InChI=1S/C24H27FN4O4S/c1-3-33-23(31)20-19(27(2)24(32)26-21(20)16-8-13-34-15-16)14-28-9-11-29(12-10-28)22(30)17-6-4-5-7-18(17)25/h4-8,13,15,21H,3,9-12,14H2,1-2H3,(H,26,32)/t21-/m1/s1. The molecule has 180 valence electrons. The molecular formula is C24H27FN4O4S. The van der Waals surface area contributed by atoms with E-state index in [9.17, 15) is 18.8 Å². The van der Waals surface area contributed by atoms with E-state index in [2.05, 4.69) is 10.2 Å². The molecule has 1 aromatic heterocycles. The van der Waals surface area contributed by atoms with Crippen molar-refractivity contribution < 1.29 is 23.5 Å². The van der Waals surface area contributed by atoms with Gasteiger partial charge in [0.05, 0.1) is 23.8 Å². The number of hydrogen-bond donors (Lipinski definition) is 1. The van der Waals surface area contributed by atoms with E-state index < -0.39 is 17.8 Å². The minimum Gasteiger partial charge on any atom is -0.463 e. The maximum Gasteiger partial charge on any atom is 0.338 e. The highest BCUT2D eigenvalue weighted by Gasteiger charge is 2.38. The Bertz CT molecular complexity index is 1100. The maximum absolute atomic E-state index is 14.0. The first-order valence-corrected chi connectivity index (χ1v) is 12.1. The number of carbonyl (C=O) groups is 3. The lowest BCUT2D eigenvalue weighted by atomic mass is 9.96. The van der Waals surface area contributed by atoms with E-state index in [-0.39, 0.29) is 24.1 Å². The molecule has 1 fully saturated rings. The Labute approximate surface area is 201 Å². The Balaban J connectivity index is 1.54. The zero-order valence-electron chi connectivity index (χ0n) is 19.1. The fraction of sp³-hybridized carbons (Fsp3) is 0.375. The molecule has 10 heteroatoms. The molecule has 0 bridgehead atoms. The smallest absolute Gasteiger partial charge is 0.338 e. The van der Waals surface area contributed by atoms with E-state index in [1.54, 1.807) is 31.0 Å². The Morgan fingerprint density at radius 3 is 2.56 bits per heavy atom. The molecule has 0 spiro atoms. The molecule has 1 N–H and O–H groups in total. The molecule has 8 nitrogen and oxygen atoms in total. The number of rotatable bonds is 6. The van der Waals surface area contributed by atoms with Gasteiger partial charge < -0.3 is 15.0 Å². The number of nitrogens with one attached hydrogen (secondary N) is 1. The van der Waals surface area contributed by atoms with E-state index in [0.29, 0.717) is 44.0 Å². The second-order valence-corrected chi connectivity index (χ2v) is 8.91. The topological polar surface area (TPSA) is 82.2 Å². The number of amides is 3. The van der Waals surface area contributed by atoms with Crippen LogP contribution in [0.3, 0.4) is 0 Å². The van der Waals surface area contributed by atoms with Crippen LogP contribution in [0.4, 0.5) is 9.18 Å². The summed E-state index contributed by atoms with van der Waals surface area (Å²) in [4.78, 5) is 43.6. The fourth-order valence-corrected chi connectivity index (χ4v) is 4.90. The molecule has 1 saturated heterocycles. The van der Waals surface area contributed by atoms with E-state index in [4.69, 9.17) is 4.74 Å². The molecular weight excluding hydrogens is 459 g/mol. The summed E-state index contributed by atoms with van der Waals surface area (Å²) >= 11 is 1.49. The van der Waals surface area contributed by atoms with Gasteiger partial charge in [-0.25, -0.2) is 14.0 Å². The highest BCUT2D eigenvalue weighted by Crippen LogP contribution is 2.32. The Morgan fingerprint density at radius 2 is 1.91 bits per heavy atom. The Kier molecular flexibility index (Phi) is 7.28. The number of piperazine rings is 1. The quantitative estimate of drug-likeness (QED) is 0.635. The van der Waals surface area contributed by atoms with Crippen LogP contribution in [-0.2, 0) is 9.53 Å². The van der Waals surface area contributed by atoms with Crippen molar-refractivity contribution in [3.05, 3.63) is 69.3 Å². The van der Waals surface area contributed by atoms with E-state index in [1.807, 2.05) is 16.8 Å². The minimum atomic E-state index is -0.590. The number of urea groups is 1. The number of thiophene rings is 1. The molecule has 2 aliphatic rings. The summed E-state index contributed by atoms with van der Waals surface area (Å²) in [5, 5.41) is 6.70. The summed E-state index contributed by atoms with van der Waals surface area (Å²) in [6.45, 7) is 4.20. The molecule has 4 rings (SSSR count). The molecule has 3 heterocycles. The van der Waals surface area contributed by atoms with Crippen molar-refractivity contribution in [3.63, 3.8) is 0 Å². The third-order valence-electron chi connectivity index (χ3n) is 6.09. The lowest BCUT2D eigenvalue weighted by Crippen LogP contribution is -2.53. The molecule has 1 aromatic carbocycles. The van der Waals surface area contributed by atoms with Crippen LogP contribution in [-0.4, -0.2) is 79.0 Å². The van der Waals surface area contributed by atoms with Gasteiger partial charge >= 0.3 is 12.0 Å². The molecule has 3 amide bonds. The van der Waals surface area contributed by atoms with Gasteiger partial charge in [-0.3, -0.25) is 14.6 Å². The fourth-order valence-electron chi connectivity index (χ4n) is 4.21. The number of carbonyl (C=O) groups excluding carboxylic acids is 3. The minimum absolute atomic E-state index is 0.0607. The first-order chi connectivity index (χ1) is 16.4. The van der Waals surface area contributed by atoms with Crippen molar-refractivity contribution >= 4 is 29.2 Å². The van der Waals surface area contributed by atoms with Crippen molar-refractivity contribution in [1.82, 2.24) is 20.0 Å². The van der Waals surface area contributed by atoms with Crippen LogP contribution in [0.1, 0.15) is 28.9 Å². The van der Waals surface area contributed by atoms with Crippen molar-refractivity contribution in [2.24, 2.45) is 0 Å². The van der Waals surface area contributed by atoms with Gasteiger partial charge in [-0.15, -0.1) is 0 Å². The highest BCUT2D eigenvalue weighted by molar-refractivity contribution is 7.08. The van der Waals surface area contributed by atoms with Gasteiger partial charge in [0.15, 0.2) is 0 Å². The van der Waals surface area contributed by atoms with Gasteiger partial charge in [0.25, 0.3) is 5.91 Å². The SMILES string of the molecule is CCOC(=O)C1=C(CN2CCN(C(=O)c3ccccc3F)CC2)N(C)C(=O)N[C@@H]1c1ccsc1. The van der Waals surface area contributed by atoms with Crippen LogP contribution in [0.2, 0.25) is 0 Å². The summed E-state index contributed by atoms with van der Waals surface area (Å²) in [5.74, 6) is -1.33. The normalized spacial score (nSPS) is 19.3. The molecule has 0 unspecified atom stereocenters. The van der Waals surface area contributed by atoms with Gasteiger partial charge in [-0.1, -0.05) is 12.1 Å². The lowest BCUT2D eigenvalue weighted by Gasteiger charge is -2.39. The predicted octanol–water partition coefficient (Wildman–Crippen LogP) is 2.86. The number of esters is 1. The van der Waals surface area contributed by atoms with Gasteiger partial charge in [0.2, 0.25) is 0 Å². The zero-order chi connectivity index (χ0) is 24.2. The van der Waals surface area contributed by atoms with Crippen LogP contribution >= 0.6 is 11.3 Å². The molecule has 0 radical (unpaired) electrons. The predicted molar refractivity (Wildman–Crippen MR) is 126 cm³/mol. The van der Waals surface area contributed by atoms with Crippen LogP contribution < -0.4 is 5.32 Å². The number of likely N-dealkylation sites (N-methyl/N-ethyl adjacent to an activating group) is 1. The van der Waals surface area contributed by atoms with Crippen LogP contribution in [0.5, 0.6) is 0 Å². The summed E-state index contributed by atoms with van der Waals surface area (Å²) in [6.07, 6.45) is 0. The van der Waals surface area contributed by atoms with Gasteiger partial charge in [-0.2, -0.15) is 11.3 Å². The summed E-state index contributed by atoms with van der Waals surface area (Å²) in [6, 6.07) is 6.95. The molecule has 2 aromatic rings.